The molecule has 0 aromatic heterocycles. The van der Waals surface area contributed by atoms with Crippen LogP contribution in [0.4, 0.5) is 17.1 Å². The second-order valence-electron chi connectivity index (χ2n) is 5.82. The van der Waals surface area contributed by atoms with Crippen LogP contribution in [0, 0.1) is 0 Å². The van der Waals surface area contributed by atoms with E-state index in [9.17, 15) is 10.0 Å². The van der Waals surface area contributed by atoms with E-state index < -0.39 is 5.91 Å². The molecule has 0 spiro atoms. The number of carbonyl (C=O) groups is 1. The van der Waals surface area contributed by atoms with Crippen LogP contribution in [-0.2, 0) is 0 Å². The Balaban J connectivity index is 1.87. The van der Waals surface area contributed by atoms with Crippen molar-refractivity contribution in [1.29, 1.82) is 0 Å². The summed E-state index contributed by atoms with van der Waals surface area (Å²) in [6.45, 7) is 6.41. The van der Waals surface area contributed by atoms with E-state index in [1.807, 2.05) is 23.1 Å². The summed E-state index contributed by atoms with van der Waals surface area (Å²) in [5.41, 5.74) is 4.08. The molecule has 0 bridgehead atoms. The fourth-order valence-electron chi connectivity index (χ4n) is 3.14. The molecule has 3 rings (SSSR count). The summed E-state index contributed by atoms with van der Waals surface area (Å²) in [5, 5.41) is 18.8. The highest BCUT2D eigenvalue weighted by Gasteiger charge is 2.28. The molecule has 2 aromatic carbocycles. The van der Waals surface area contributed by atoms with E-state index >= 15 is 0 Å². The number of hydrogen-bond donors (Lipinski definition) is 3. The fraction of sp³-hybridized carbons (Fsp3) is 0.222. The molecule has 1 saturated heterocycles. The maximum Gasteiger partial charge on any atom is 0.280 e. The minimum Gasteiger partial charge on any atom is -0.368 e. The van der Waals surface area contributed by atoms with E-state index in [1.165, 1.54) is 0 Å². The molecule has 0 radical (unpaired) electrons. The normalized spacial score (nSPS) is 14.3. The molecule has 25 heavy (non-hydrogen) atoms. The Hall–Kier alpha value is -3.06. The van der Waals surface area contributed by atoms with Crippen LogP contribution < -0.4 is 15.3 Å². The molecule has 0 saturated carbocycles. The monoisotopic (exact) mass is 341 g/mol. The third-order valence-corrected chi connectivity index (χ3v) is 4.36. The molecule has 2 aromatic rings. The summed E-state index contributed by atoms with van der Waals surface area (Å²) in [6.07, 6.45) is 0. The van der Waals surface area contributed by atoms with Crippen LogP contribution >= 0.6 is 0 Å². The van der Waals surface area contributed by atoms with Crippen LogP contribution in [0.25, 0.3) is 0 Å². The predicted octanol–water partition coefficient (Wildman–Crippen LogP) is 1.87. The van der Waals surface area contributed by atoms with Gasteiger partial charge in [-0.15, -0.1) is 0 Å². The number of hydroxylamine groups is 1. The van der Waals surface area contributed by atoms with Crippen molar-refractivity contribution in [3.8, 4) is 0 Å². The molecule has 0 unspecified atom stereocenters. The fourth-order valence-corrected chi connectivity index (χ4v) is 3.14. The minimum absolute atomic E-state index is 0.288. The van der Waals surface area contributed by atoms with Crippen molar-refractivity contribution in [2.75, 3.05) is 36.0 Å². The van der Waals surface area contributed by atoms with Crippen molar-refractivity contribution in [1.82, 2.24) is 5.48 Å². The molecule has 7 nitrogen and oxygen atoms in total. The summed E-state index contributed by atoms with van der Waals surface area (Å²) >= 11 is 0. The number of anilines is 2. The van der Waals surface area contributed by atoms with Gasteiger partial charge < -0.3 is 9.80 Å². The van der Waals surface area contributed by atoms with Gasteiger partial charge in [-0.25, -0.2) is 5.48 Å². The van der Waals surface area contributed by atoms with E-state index in [-0.39, 0.29) is 5.56 Å². The van der Waals surface area contributed by atoms with Crippen molar-refractivity contribution in [2.24, 2.45) is 0 Å². The zero-order valence-corrected chi connectivity index (χ0v) is 13.8. The van der Waals surface area contributed by atoms with E-state index in [0.717, 1.165) is 23.5 Å². The second-order valence-corrected chi connectivity index (χ2v) is 5.82. The smallest absolute Gasteiger partial charge is 0.280 e. The number of para-hydroxylation sites is 2. The van der Waals surface area contributed by atoms with Gasteiger partial charge in [0.25, 0.3) is 11.6 Å². The van der Waals surface area contributed by atoms with Crippen LogP contribution in [0.5, 0.6) is 0 Å². The van der Waals surface area contributed by atoms with Gasteiger partial charge >= 0.3 is 0 Å². The number of piperazine rings is 1. The average Bonchev–Trinajstić information content (AvgIpc) is 2.67. The topological polar surface area (TPSA) is 79.0 Å². The third-order valence-electron chi connectivity index (χ3n) is 4.36. The van der Waals surface area contributed by atoms with E-state index in [1.54, 1.807) is 23.7 Å². The van der Waals surface area contributed by atoms with Crippen molar-refractivity contribution < 1.29 is 19.9 Å². The van der Waals surface area contributed by atoms with Crippen molar-refractivity contribution >= 4 is 29.7 Å². The first-order valence-corrected chi connectivity index (χ1v) is 8.03. The molecule has 7 heteroatoms. The lowest BCUT2D eigenvalue weighted by atomic mass is 10.1. The number of nitrogens with one attached hydrogen (secondary N) is 1. The Labute approximate surface area is 146 Å². The maximum atomic E-state index is 12.0. The number of amides is 1. The summed E-state index contributed by atoms with van der Waals surface area (Å²) in [7, 11) is 0. The lowest BCUT2D eigenvalue weighted by Crippen LogP contribution is -2.47. The molecular weight excluding hydrogens is 320 g/mol. The molecule has 1 fully saturated rings. The predicted molar refractivity (Wildman–Crippen MR) is 95.4 cm³/mol. The molecule has 130 valence electrons. The standard InChI is InChI=1S/C18H20N4O3/c1-20(25)16-9-5-8-15(18(23)19-24)17(16)22-12-10-21(11-13-22)14-6-3-2-4-7-14/h2-9H,1,10-13H2,(H2-,19,23,24,25)/p+1. The quantitative estimate of drug-likeness (QED) is 0.260. The lowest BCUT2D eigenvalue weighted by molar-refractivity contribution is -0.706. The van der Waals surface area contributed by atoms with Gasteiger partial charge in [0.1, 0.15) is 5.69 Å². The van der Waals surface area contributed by atoms with Gasteiger partial charge in [-0.3, -0.25) is 15.2 Å². The van der Waals surface area contributed by atoms with Gasteiger partial charge in [-0.1, -0.05) is 24.3 Å². The average molecular weight is 341 g/mol. The van der Waals surface area contributed by atoms with Crippen molar-refractivity contribution in [3.63, 3.8) is 0 Å². The number of nitrogens with zero attached hydrogens (tertiary/aromatic N) is 3. The molecule has 1 heterocycles. The second kappa shape index (κ2) is 7.23. The van der Waals surface area contributed by atoms with Crippen LogP contribution in [-0.4, -0.2) is 54.0 Å². The van der Waals surface area contributed by atoms with Crippen molar-refractivity contribution in [2.45, 2.75) is 0 Å². The van der Waals surface area contributed by atoms with Gasteiger partial charge in [0.2, 0.25) is 0 Å². The Morgan fingerprint density at radius 2 is 1.64 bits per heavy atom. The van der Waals surface area contributed by atoms with Gasteiger partial charge in [0.15, 0.2) is 6.72 Å². The molecule has 0 atom stereocenters. The number of hydrogen-bond acceptors (Lipinski definition) is 5. The first-order valence-electron chi connectivity index (χ1n) is 8.03. The summed E-state index contributed by atoms with van der Waals surface area (Å²) < 4.78 is 0.743. The highest BCUT2D eigenvalue weighted by atomic mass is 16.5. The molecule has 1 aliphatic rings. The SMILES string of the molecule is C=[N+](O)c1cccc(C(=O)NO)c1N1CCN(c2ccccc2)CC1. The third kappa shape index (κ3) is 3.41. The molecule has 1 amide bonds. The molecule has 0 aliphatic carbocycles. The Morgan fingerprint density at radius 3 is 2.24 bits per heavy atom. The Kier molecular flexibility index (Phi) is 4.85. The van der Waals surface area contributed by atoms with Crippen LogP contribution in [0.15, 0.2) is 48.5 Å². The first kappa shape index (κ1) is 16.8. The summed E-state index contributed by atoms with van der Waals surface area (Å²) in [5.74, 6) is -0.621. The molecule has 3 N–H and O–H groups in total. The Bertz CT molecular complexity index is 771. The van der Waals surface area contributed by atoms with Gasteiger partial charge in [-0.2, -0.15) is 0 Å². The van der Waals surface area contributed by atoms with Crippen molar-refractivity contribution in [3.05, 3.63) is 54.1 Å². The van der Waals surface area contributed by atoms with Gasteiger partial charge in [0, 0.05) is 42.7 Å². The van der Waals surface area contributed by atoms with Gasteiger partial charge in [0.05, 0.1) is 5.56 Å². The van der Waals surface area contributed by atoms with E-state index in [2.05, 4.69) is 23.8 Å². The Morgan fingerprint density at radius 1 is 1.00 bits per heavy atom. The zero-order valence-electron chi connectivity index (χ0n) is 13.8. The highest BCUT2D eigenvalue weighted by molar-refractivity contribution is 6.01. The van der Waals surface area contributed by atoms with Crippen LogP contribution in [0.1, 0.15) is 10.4 Å². The highest BCUT2D eigenvalue weighted by Crippen LogP contribution is 2.33. The number of carbonyl (C=O) groups excluding carboxylic acids is 1. The van der Waals surface area contributed by atoms with Crippen LogP contribution in [0.3, 0.4) is 0 Å². The summed E-state index contributed by atoms with van der Waals surface area (Å²) in [6, 6.07) is 15.1. The molecular formula is C18H21N4O3+. The number of benzene rings is 2. The van der Waals surface area contributed by atoms with E-state index in [4.69, 9.17) is 5.21 Å². The zero-order chi connectivity index (χ0) is 17.8. The largest absolute Gasteiger partial charge is 0.368 e. The van der Waals surface area contributed by atoms with E-state index in [0.29, 0.717) is 24.5 Å². The molecule has 1 aliphatic heterocycles. The van der Waals surface area contributed by atoms with Crippen LogP contribution in [0.2, 0.25) is 0 Å². The summed E-state index contributed by atoms with van der Waals surface area (Å²) in [4.78, 5) is 16.3. The lowest BCUT2D eigenvalue weighted by Gasteiger charge is -2.37. The van der Waals surface area contributed by atoms with Gasteiger partial charge in [-0.05, 0) is 18.2 Å². The maximum absolute atomic E-state index is 12.0. The minimum atomic E-state index is -0.621. The first-order chi connectivity index (χ1) is 12.1. The number of rotatable bonds is 4.